The Morgan fingerprint density at radius 3 is 2.77 bits per heavy atom. The van der Waals surface area contributed by atoms with Gasteiger partial charge in [0.05, 0.1) is 5.60 Å². The molecule has 2 nitrogen and oxygen atoms in total. The lowest BCUT2D eigenvalue weighted by Crippen LogP contribution is -2.45. The normalized spacial score (nSPS) is 35.3. The zero-order valence-corrected chi connectivity index (χ0v) is 9.14. The van der Waals surface area contributed by atoms with E-state index in [0.717, 1.165) is 19.4 Å². The van der Waals surface area contributed by atoms with E-state index in [1.165, 1.54) is 12.8 Å². The Hall–Kier alpha value is -0.0800. The van der Waals surface area contributed by atoms with Crippen LogP contribution in [0.25, 0.3) is 0 Å². The van der Waals surface area contributed by atoms with Gasteiger partial charge in [-0.05, 0) is 18.8 Å². The van der Waals surface area contributed by atoms with Gasteiger partial charge in [-0.3, -0.25) is 0 Å². The highest BCUT2D eigenvalue weighted by atomic mass is 16.3. The number of nitrogens with one attached hydrogen (secondary N) is 1. The van der Waals surface area contributed by atoms with E-state index >= 15 is 0 Å². The highest BCUT2D eigenvalue weighted by molar-refractivity contribution is 4.87. The lowest BCUT2D eigenvalue weighted by Gasteiger charge is -2.36. The van der Waals surface area contributed by atoms with Crippen LogP contribution in [-0.2, 0) is 0 Å². The van der Waals surface area contributed by atoms with Crippen molar-refractivity contribution in [1.29, 1.82) is 0 Å². The van der Waals surface area contributed by atoms with E-state index in [1.54, 1.807) is 0 Å². The van der Waals surface area contributed by atoms with Gasteiger partial charge < -0.3 is 10.4 Å². The van der Waals surface area contributed by atoms with Crippen LogP contribution < -0.4 is 5.32 Å². The van der Waals surface area contributed by atoms with Crippen LogP contribution in [0.3, 0.4) is 0 Å². The van der Waals surface area contributed by atoms with Crippen LogP contribution in [0.5, 0.6) is 0 Å². The molecule has 2 unspecified atom stereocenters. The summed E-state index contributed by atoms with van der Waals surface area (Å²) in [5.41, 5.74) is -0.429. The van der Waals surface area contributed by atoms with E-state index in [-0.39, 0.29) is 0 Å². The Balaban J connectivity index is 2.35. The van der Waals surface area contributed by atoms with E-state index in [9.17, 15) is 5.11 Å². The average Bonchev–Trinajstić information content (AvgIpc) is 2.01. The Bertz CT molecular complexity index is 158. The van der Waals surface area contributed by atoms with Crippen molar-refractivity contribution in [3.63, 3.8) is 0 Å². The Morgan fingerprint density at radius 1 is 1.54 bits per heavy atom. The Morgan fingerprint density at radius 2 is 2.23 bits per heavy atom. The van der Waals surface area contributed by atoms with Crippen molar-refractivity contribution >= 4 is 0 Å². The quantitative estimate of drug-likeness (QED) is 0.704. The van der Waals surface area contributed by atoms with Crippen molar-refractivity contribution in [3.05, 3.63) is 0 Å². The first kappa shape index (κ1) is 11.0. The minimum absolute atomic E-state index is 0.429. The Labute approximate surface area is 81.7 Å². The minimum Gasteiger partial charge on any atom is -0.389 e. The maximum Gasteiger partial charge on any atom is 0.0774 e. The second kappa shape index (κ2) is 4.43. The van der Waals surface area contributed by atoms with Crippen molar-refractivity contribution in [2.24, 2.45) is 5.92 Å². The molecule has 1 fully saturated rings. The molecule has 1 rings (SSSR count). The van der Waals surface area contributed by atoms with Gasteiger partial charge in [0.1, 0.15) is 0 Å². The van der Waals surface area contributed by atoms with Gasteiger partial charge in [-0.15, -0.1) is 0 Å². The van der Waals surface area contributed by atoms with Gasteiger partial charge in [0.25, 0.3) is 0 Å². The van der Waals surface area contributed by atoms with Gasteiger partial charge in [-0.25, -0.2) is 0 Å². The van der Waals surface area contributed by atoms with E-state index in [2.05, 4.69) is 26.1 Å². The summed E-state index contributed by atoms with van der Waals surface area (Å²) in [4.78, 5) is 0. The van der Waals surface area contributed by atoms with Crippen LogP contribution in [-0.4, -0.2) is 23.3 Å². The number of hydrogen-bond donors (Lipinski definition) is 2. The summed E-state index contributed by atoms with van der Waals surface area (Å²) in [6, 6.07) is 0.473. The van der Waals surface area contributed by atoms with Crippen molar-refractivity contribution in [3.8, 4) is 0 Å². The third-order valence-electron chi connectivity index (χ3n) is 2.91. The molecule has 0 heterocycles. The molecule has 2 heteroatoms. The largest absolute Gasteiger partial charge is 0.389 e. The fourth-order valence-electron chi connectivity index (χ4n) is 2.19. The van der Waals surface area contributed by atoms with Gasteiger partial charge in [-0.2, -0.15) is 0 Å². The molecule has 78 valence electrons. The van der Waals surface area contributed by atoms with Gasteiger partial charge in [0.15, 0.2) is 0 Å². The first-order valence-corrected chi connectivity index (χ1v) is 5.48. The van der Waals surface area contributed by atoms with E-state index < -0.39 is 5.60 Å². The SMILES string of the molecule is CC1CCCC(O)(CNC(C)C)C1. The van der Waals surface area contributed by atoms with E-state index in [4.69, 9.17) is 0 Å². The molecule has 1 aliphatic rings. The standard InChI is InChI=1S/C11H23NO/c1-9(2)12-8-11(13)6-4-5-10(3)7-11/h9-10,12-13H,4-8H2,1-3H3. The van der Waals surface area contributed by atoms with Crippen LogP contribution in [0.2, 0.25) is 0 Å². The molecular weight excluding hydrogens is 162 g/mol. The molecule has 0 saturated heterocycles. The maximum absolute atomic E-state index is 10.2. The maximum atomic E-state index is 10.2. The molecule has 0 amide bonds. The average molecular weight is 185 g/mol. The summed E-state index contributed by atoms with van der Waals surface area (Å²) < 4.78 is 0. The molecule has 2 atom stereocenters. The molecule has 1 aliphatic carbocycles. The van der Waals surface area contributed by atoms with Crippen LogP contribution in [0.1, 0.15) is 46.5 Å². The van der Waals surface area contributed by atoms with Crippen molar-refractivity contribution in [2.45, 2.75) is 58.1 Å². The molecule has 0 aromatic carbocycles. The molecule has 2 N–H and O–H groups in total. The summed E-state index contributed by atoms with van der Waals surface area (Å²) >= 11 is 0. The van der Waals surface area contributed by atoms with Crippen LogP contribution in [0.4, 0.5) is 0 Å². The zero-order chi connectivity index (χ0) is 9.90. The van der Waals surface area contributed by atoms with Gasteiger partial charge in [0.2, 0.25) is 0 Å². The summed E-state index contributed by atoms with van der Waals surface area (Å²) in [5, 5.41) is 13.6. The number of aliphatic hydroxyl groups is 1. The van der Waals surface area contributed by atoms with Gasteiger partial charge >= 0.3 is 0 Å². The van der Waals surface area contributed by atoms with Gasteiger partial charge in [-0.1, -0.05) is 33.6 Å². The second-order valence-electron chi connectivity index (χ2n) is 4.96. The minimum atomic E-state index is -0.429. The third-order valence-corrected chi connectivity index (χ3v) is 2.91. The molecule has 0 bridgehead atoms. The predicted octanol–water partition coefficient (Wildman–Crippen LogP) is 1.93. The Kier molecular flexibility index (Phi) is 3.74. The fraction of sp³-hybridized carbons (Fsp3) is 1.00. The first-order valence-electron chi connectivity index (χ1n) is 5.48. The van der Waals surface area contributed by atoms with Crippen molar-refractivity contribution in [2.75, 3.05) is 6.54 Å². The molecule has 0 aromatic heterocycles. The lowest BCUT2D eigenvalue weighted by molar-refractivity contribution is -0.0130. The number of rotatable bonds is 3. The molecule has 0 spiro atoms. The second-order valence-corrected chi connectivity index (χ2v) is 4.96. The topological polar surface area (TPSA) is 32.3 Å². The highest BCUT2D eigenvalue weighted by Crippen LogP contribution is 2.31. The lowest BCUT2D eigenvalue weighted by atomic mass is 9.79. The highest BCUT2D eigenvalue weighted by Gasteiger charge is 2.32. The van der Waals surface area contributed by atoms with E-state index in [0.29, 0.717) is 12.0 Å². The van der Waals surface area contributed by atoms with Crippen LogP contribution in [0, 0.1) is 5.92 Å². The predicted molar refractivity (Wildman–Crippen MR) is 55.7 cm³/mol. The van der Waals surface area contributed by atoms with Crippen molar-refractivity contribution in [1.82, 2.24) is 5.32 Å². The molecular formula is C11H23NO. The van der Waals surface area contributed by atoms with Crippen LogP contribution in [0.15, 0.2) is 0 Å². The summed E-state index contributed by atoms with van der Waals surface area (Å²) in [6.45, 7) is 7.24. The smallest absolute Gasteiger partial charge is 0.0774 e. The molecule has 13 heavy (non-hydrogen) atoms. The molecule has 1 saturated carbocycles. The molecule has 0 radical (unpaired) electrons. The summed E-state index contributed by atoms with van der Waals surface area (Å²) in [7, 11) is 0. The monoisotopic (exact) mass is 185 g/mol. The van der Waals surface area contributed by atoms with Crippen LogP contribution >= 0.6 is 0 Å². The molecule has 0 aromatic rings. The first-order chi connectivity index (χ1) is 6.02. The van der Waals surface area contributed by atoms with E-state index in [1.807, 2.05) is 0 Å². The van der Waals surface area contributed by atoms with Gasteiger partial charge in [0, 0.05) is 12.6 Å². The summed E-state index contributed by atoms with van der Waals surface area (Å²) in [6.07, 6.45) is 4.39. The fourth-order valence-corrected chi connectivity index (χ4v) is 2.19. The molecule has 0 aliphatic heterocycles. The zero-order valence-electron chi connectivity index (χ0n) is 9.14. The van der Waals surface area contributed by atoms with Crippen molar-refractivity contribution < 1.29 is 5.11 Å². The third kappa shape index (κ3) is 3.65. The number of hydrogen-bond acceptors (Lipinski definition) is 2. The summed E-state index contributed by atoms with van der Waals surface area (Å²) in [5.74, 6) is 0.688.